The summed E-state index contributed by atoms with van der Waals surface area (Å²) in [5.41, 5.74) is 2.11. The monoisotopic (exact) mass is 314 g/mol. The Bertz CT molecular complexity index is 391. The number of carbonyl (C=O) groups is 1. The maximum atomic E-state index is 11.6. The summed E-state index contributed by atoms with van der Waals surface area (Å²) in [6.45, 7) is 3.17. The minimum Gasteiger partial charge on any atom is -0.465 e. The molecule has 0 atom stereocenters. The lowest BCUT2D eigenvalue weighted by Gasteiger charge is -2.07. The molecule has 0 saturated carbocycles. The van der Waals surface area contributed by atoms with Crippen molar-refractivity contribution in [2.75, 3.05) is 20.3 Å². The lowest BCUT2D eigenvalue weighted by molar-refractivity contribution is -0.143. The van der Waals surface area contributed by atoms with E-state index >= 15 is 0 Å². The van der Waals surface area contributed by atoms with Crippen LogP contribution in [-0.2, 0) is 20.7 Å². The Morgan fingerprint density at radius 3 is 2.67 bits per heavy atom. The molecule has 0 saturated heterocycles. The van der Waals surface area contributed by atoms with Crippen molar-refractivity contribution in [1.82, 2.24) is 0 Å². The second kappa shape index (κ2) is 8.27. The smallest absolute Gasteiger partial charge is 0.310 e. The Morgan fingerprint density at radius 1 is 1.28 bits per heavy atom. The van der Waals surface area contributed by atoms with Crippen molar-refractivity contribution in [1.29, 1.82) is 0 Å². The highest BCUT2D eigenvalue weighted by atomic mass is 79.9. The van der Waals surface area contributed by atoms with Gasteiger partial charge < -0.3 is 9.47 Å². The van der Waals surface area contributed by atoms with Crippen LogP contribution in [0.1, 0.15) is 24.0 Å². The Hall–Kier alpha value is -0.870. The summed E-state index contributed by atoms with van der Waals surface area (Å²) in [5.74, 6) is -0.169. The molecule has 0 unspecified atom stereocenters. The summed E-state index contributed by atoms with van der Waals surface area (Å²) in [6.07, 6.45) is 2.10. The van der Waals surface area contributed by atoms with Gasteiger partial charge in [0.15, 0.2) is 0 Å². The molecule has 1 aromatic rings. The van der Waals surface area contributed by atoms with Crippen LogP contribution in [0.2, 0.25) is 0 Å². The minimum absolute atomic E-state index is 0.169. The largest absolute Gasteiger partial charge is 0.465 e. The van der Waals surface area contributed by atoms with Gasteiger partial charge in [-0.3, -0.25) is 4.79 Å². The predicted molar refractivity (Wildman–Crippen MR) is 74.7 cm³/mol. The van der Waals surface area contributed by atoms with Crippen LogP contribution in [0.3, 0.4) is 0 Å². The normalized spacial score (nSPS) is 10.4. The zero-order valence-electron chi connectivity index (χ0n) is 10.9. The van der Waals surface area contributed by atoms with Gasteiger partial charge in [0, 0.05) is 18.2 Å². The van der Waals surface area contributed by atoms with Crippen molar-refractivity contribution in [3.05, 3.63) is 33.8 Å². The van der Waals surface area contributed by atoms with Crippen molar-refractivity contribution in [3.8, 4) is 0 Å². The van der Waals surface area contributed by atoms with Gasteiger partial charge in [0.2, 0.25) is 0 Å². The fraction of sp³-hybridized carbons (Fsp3) is 0.500. The molecule has 0 aromatic heterocycles. The zero-order valence-corrected chi connectivity index (χ0v) is 12.5. The molecule has 0 amide bonds. The summed E-state index contributed by atoms with van der Waals surface area (Å²) >= 11 is 3.40. The lowest BCUT2D eigenvalue weighted by Crippen LogP contribution is -2.10. The third-order valence-corrected chi connectivity index (χ3v) is 3.14. The maximum Gasteiger partial charge on any atom is 0.310 e. The highest BCUT2D eigenvalue weighted by molar-refractivity contribution is 9.10. The number of hydrogen-bond donors (Lipinski definition) is 0. The average Bonchev–Trinajstić information content (AvgIpc) is 2.32. The third kappa shape index (κ3) is 5.65. The van der Waals surface area contributed by atoms with Crippen LogP contribution in [0.5, 0.6) is 0 Å². The van der Waals surface area contributed by atoms with E-state index in [1.54, 1.807) is 7.11 Å². The van der Waals surface area contributed by atoms with Gasteiger partial charge in [0.1, 0.15) is 0 Å². The number of carbonyl (C=O) groups excluding carboxylic acids is 1. The van der Waals surface area contributed by atoms with Gasteiger partial charge in [-0.1, -0.05) is 22.0 Å². The van der Waals surface area contributed by atoms with E-state index < -0.39 is 0 Å². The van der Waals surface area contributed by atoms with Gasteiger partial charge in [-0.25, -0.2) is 0 Å². The molecule has 0 radical (unpaired) electrons. The zero-order chi connectivity index (χ0) is 13.4. The van der Waals surface area contributed by atoms with Crippen LogP contribution < -0.4 is 0 Å². The van der Waals surface area contributed by atoms with Crippen molar-refractivity contribution in [2.45, 2.75) is 26.2 Å². The van der Waals surface area contributed by atoms with Gasteiger partial charge in [0.05, 0.1) is 13.0 Å². The van der Waals surface area contributed by atoms with E-state index in [1.807, 2.05) is 25.1 Å². The number of esters is 1. The molecule has 18 heavy (non-hydrogen) atoms. The Morgan fingerprint density at radius 2 is 2.00 bits per heavy atom. The van der Waals surface area contributed by atoms with Gasteiger partial charge in [-0.2, -0.15) is 0 Å². The van der Waals surface area contributed by atoms with E-state index in [-0.39, 0.29) is 5.97 Å². The molecule has 0 bridgehead atoms. The molecule has 1 aromatic carbocycles. The van der Waals surface area contributed by atoms with E-state index in [4.69, 9.17) is 9.47 Å². The average molecular weight is 315 g/mol. The lowest BCUT2D eigenvalue weighted by atomic mass is 10.1. The number of rotatable bonds is 7. The maximum absolute atomic E-state index is 11.6. The molecular formula is C14H19BrO3. The summed E-state index contributed by atoms with van der Waals surface area (Å²) in [4.78, 5) is 11.6. The van der Waals surface area contributed by atoms with Crippen molar-refractivity contribution in [2.24, 2.45) is 0 Å². The molecule has 100 valence electrons. The van der Waals surface area contributed by atoms with Crippen LogP contribution in [-0.4, -0.2) is 26.3 Å². The highest BCUT2D eigenvalue weighted by Crippen LogP contribution is 2.16. The van der Waals surface area contributed by atoms with E-state index in [2.05, 4.69) is 15.9 Å². The first-order chi connectivity index (χ1) is 8.63. The summed E-state index contributed by atoms with van der Waals surface area (Å²) in [5, 5.41) is 0. The van der Waals surface area contributed by atoms with Crippen molar-refractivity contribution in [3.63, 3.8) is 0 Å². The summed E-state index contributed by atoms with van der Waals surface area (Å²) < 4.78 is 11.1. The first-order valence-electron chi connectivity index (χ1n) is 6.03. The van der Waals surface area contributed by atoms with Crippen LogP contribution in [0.4, 0.5) is 0 Å². The Balaban J connectivity index is 2.31. The molecular weight excluding hydrogens is 296 g/mol. The molecule has 1 rings (SSSR count). The fourth-order valence-corrected chi connectivity index (χ4v) is 2.07. The Kier molecular flexibility index (Phi) is 6.98. The second-order valence-corrected chi connectivity index (χ2v) is 5.08. The van der Waals surface area contributed by atoms with E-state index in [0.717, 1.165) is 28.4 Å². The molecule has 0 spiro atoms. The standard InChI is InChI=1S/C14H19BrO3/c1-11-9-13(15)6-5-12(11)10-14(16)18-8-4-3-7-17-2/h5-6,9H,3-4,7-8,10H2,1-2H3. The molecule has 0 aliphatic carbocycles. The number of methoxy groups -OCH3 is 1. The SMILES string of the molecule is COCCCCOC(=O)Cc1ccc(Br)cc1C. The number of unbranched alkanes of at least 4 members (excludes halogenated alkanes) is 1. The second-order valence-electron chi connectivity index (χ2n) is 4.17. The van der Waals surface area contributed by atoms with Crippen LogP contribution >= 0.6 is 15.9 Å². The van der Waals surface area contributed by atoms with Crippen LogP contribution in [0.15, 0.2) is 22.7 Å². The topological polar surface area (TPSA) is 35.5 Å². The van der Waals surface area contributed by atoms with Gasteiger partial charge >= 0.3 is 5.97 Å². The van der Waals surface area contributed by atoms with Gasteiger partial charge in [0.25, 0.3) is 0 Å². The minimum atomic E-state index is -0.169. The molecule has 0 aliphatic rings. The summed E-state index contributed by atoms with van der Waals surface area (Å²) in [7, 11) is 1.67. The fourth-order valence-electron chi connectivity index (χ4n) is 1.60. The number of halogens is 1. The van der Waals surface area contributed by atoms with Crippen LogP contribution in [0, 0.1) is 6.92 Å². The molecule has 0 aliphatic heterocycles. The molecule has 0 fully saturated rings. The molecule has 3 nitrogen and oxygen atoms in total. The van der Waals surface area contributed by atoms with Crippen molar-refractivity contribution < 1.29 is 14.3 Å². The first kappa shape index (κ1) is 15.2. The number of benzene rings is 1. The van der Waals surface area contributed by atoms with Crippen molar-refractivity contribution >= 4 is 21.9 Å². The van der Waals surface area contributed by atoms with Crippen LogP contribution in [0.25, 0.3) is 0 Å². The predicted octanol–water partition coefficient (Wildman–Crippen LogP) is 3.27. The molecule has 0 N–H and O–H groups in total. The summed E-state index contributed by atoms with van der Waals surface area (Å²) in [6, 6.07) is 5.89. The molecule has 4 heteroatoms. The number of hydrogen-bond acceptors (Lipinski definition) is 3. The van der Waals surface area contributed by atoms with Gasteiger partial charge in [-0.15, -0.1) is 0 Å². The number of ether oxygens (including phenoxy) is 2. The quantitative estimate of drug-likeness (QED) is 0.572. The highest BCUT2D eigenvalue weighted by Gasteiger charge is 2.07. The first-order valence-corrected chi connectivity index (χ1v) is 6.82. The van der Waals surface area contributed by atoms with E-state index in [9.17, 15) is 4.79 Å². The molecule has 0 heterocycles. The van der Waals surface area contributed by atoms with E-state index in [1.165, 1.54) is 0 Å². The number of aryl methyl sites for hydroxylation is 1. The Labute approximate surface area is 117 Å². The van der Waals surface area contributed by atoms with E-state index in [0.29, 0.717) is 19.6 Å². The van der Waals surface area contributed by atoms with Gasteiger partial charge in [-0.05, 0) is 43.0 Å². The third-order valence-electron chi connectivity index (χ3n) is 2.65.